The molecule has 0 aromatic rings. The van der Waals surface area contributed by atoms with Gasteiger partial charge in [-0.25, -0.2) is 0 Å². The Hall–Kier alpha value is -0.360. The van der Waals surface area contributed by atoms with E-state index in [1.807, 2.05) is 0 Å². The third-order valence-corrected chi connectivity index (χ3v) is 11.3. The van der Waals surface area contributed by atoms with Gasteiger partial charge >= 0.3 is 0 Å². The molecule has 0 aliphatic rings. The lowest BCUT2D eigenvalue weighted by Gasteiger charge is -2.31. The molecule has 0 saturated heterocycles. The van der Waals surface area contributed by atoms with E-state index in [4.69, 9.17) is 0 Å². The van der Waals surface area contributed by atoms with Crippen LogP contribution in [0.5, 0.6) is 0 Å². The SMILES string of the molecule is CCCCC(CC)CN(CC(CC)CCCC)C(=O)CSSCC(=O)N(CC(CC)CCCC)CC(CC)CCCC. The van der Waals surface area contributed by atoms with E-state index >= 15 is 0 Å². The summed E-state index contributed by atoms with van der Waals surface area (Å²) in [4.78, 5) is 31.5. The molecular weight excluding hydrogens is 557 g/mol. The van der Waals surface area contributed by atoms with Gasteiger partial charge in [-0.3, -0.25) is 9.59 Å². The highest BCUT2D eigenvalue weighted by molar-refractivity contribution is 8.77. The van der Waals surface area contributed by atoms with Gasteiger partial charge in [0.15, 0.2) is 0 Å². The number of amides is 2. The summed E-state index contributed by atoms with van der Waals surface area (Å²) in [5.41, 5.74) is 0. The van der Waals surface area contributed by atoms with Crippen molar-refractivity contribution >= 4 is 33.4 Å². The largest absolute Gasteiger partial charge is 0.341 e. The minimum Gasteiger partial charge on any atom is -0.341 e. The topological polar surface area (TPSA) is 40.6 Å². The molecule has 4 nitrogen and oxygen atoms in total. The highest BCUT2D eigenvalue weighted by Gasteiger charge is 2.24. The fraction of sp³-hybridized carbons (Fsp3) is 0.944. The van der Waals surface area contributed by atoms with Crippen LogP contribution in [0.2, 0.25) is 0 Å². The van der Waals surface area contributed by atoms with Crippen LogP contribution in [0.4, 0.5) is 0 Å². The van der Waals surface area contributed by atoms with Crippen molar-refractivity contribution in [1.82, 2.24) is 9.80 Å². The van der Waals surface area contributed by atoms with Crippen molar-refractivity contribution in [2.45, 2.75) is 158 Å². The summed E-state index contributed by atoms with van der Waals surface area (Å²) in [6, 6.07) is 0. The van der Waals surface area contributed by atoms with Crippen LogP contribution in [-0.2, 0) is 9.59 Å². The highest BCUT2D eigenvalue weighted by atomic mass is 33.1. The summed E-state index contributed by atoms with van der Waals surface area (Å²) >= 11 is 0. The first kappa shape index (κ1) is 41.6. The van der Waals surface area contributed by atoms with E-state index in [9.17, 15) is 9.59 Å². The monoisotopic (exact) mass is 629 g/mol. The van der Waals surface area contributed by atoms with Gasteiger partial charge in [0.25, 0.3) is 0 Å². The third kappa shape index (κ3) is 19.8. The third-order valence-electron chi connectivity index (χ3n) is 9.24. The molecule has 0 aliphatic heterocycles. The Balaban J connectivity index is 5.27. The maximum atomic E-state index is 13.5. The van der Waals surface area contributed by atoms with Crippen LogP contribution in [0.1, 0.15) is 158 Å². The van der Waals surface area contributed by atoms with Crippen molar-refractivity contribution in [3.63, 3.8) is 0 Å². The van der Waals surface area contributed by atoms with Crippen molar-refractivity contribution in [3.8, 4) is 0 Å². The fourth-order valence-electron chi connectivity index (χ4n) is 5.84. The molecule has 0 radical (unpaired) electrons. The second-order valence-electron chi connectivity index (χ2n) is 12.8. The zero-order valence-electron chi connectivity index (χ0n) is 29.4. The normalized spacial score (nSPS) is 14.4. The van der Waals surface area contributed by atoms with E-state index in [0.717, 1.165) is 51.9 Å². The van der Waals surface area contributed by atoms with Crippen molar-refractivity contribution in [1.29, 1.82) is 0 Å². The molecule has 0 N–H and O–H groups in total. The maximum Gasteiger partial charge on any atom is 0.233 e. The molecule has 0 fully saturated rings. The number of hydrogen-bond donors (Lipinski definition) is 0. The highest BCUT2D eigenvalue weighted by Crippen LogP contribution is 2.26. The van der Waals surface area contributed by atoms with Crippen molar-refractivity contribution in [2.75, 3.05) is 37.7 Å². The fourth-order valence-corrected chi connectivity index (χ4v) is 7.68. The number of carbonyl (C=O) groups is 2. The quantitative estimate of drug-likeness (QED) is 0.0610. The molecule has 0 bridgehead atoms. The van der Waals surface area contributed by atoms with Crippen LogP contribution >= 0.6 is 21.6 Å². The Morgan fingerprint density at radius 3 is 0.881 bits per heavy atom. The van der Waals surface area contributed by atoms with Crippen LogP contribution in [0.25, 0.3) is 0 Å². The second-order valence-corrected chi connectivity index (χ2v) is 15.3. The van der Waals surface area contributed by atoms with Crippen LogP contribution in [0.15, 0.2) is 0 Å². The van der Waals surface area contributed by atoms with E-state index < -0.39 is 0 Å². The van der Waals surface area contributed by atoms with Gasteiger partial charge in [-0.15, -0.1) is 0 Å². The zero-order valence-corrected chi connectivity index (χ0v) is 31.0. The van der Waals surface area contributed by atoms with Crippen molar-refractivity contribution < 1.29 is 9.59 Å². The van der Waals surface area contributed by atoms with Gasteiger partial charge in [-0.1, -0.05) is 154 Å². The van der Waals surface area contributed by atoms with Gasteiger partial charge in [-0.2, -0.15) is 0 Å². The van der Waals surface area contributed by atoms with Crippen LogP contribution < -0.4 is 0 Å². The number of hydrogen-bond acceptors (Lipinski definition) is 4. The van der Waals surface area contributed by atoms with Gasteiger partial charge in [0, 0.05) is 26.2 Å². The van der Waals surface area contributed by atoms with Gasteiger partial charge in [0.2, 0.25) is 11.8 Å². The molecule has 0 saturated carbocycles. The van der Waals surface area contributed by atoms with E-state index in [2.05, 4.69) is 65.2 Å². The minimum atomic E-state index is 0.262. The van der Waals surface area contributed by atoms with Crippen LogP contribution in [-0.4, -0.2) is 59.3 Å². The molecule has 0 heterocycles. The maximum absolute atomic E-state index is 13.5. The van der Waals surface area contributed by atoms with Gasteiger partial charge in [-0.05, 0) is 49.4 Å². The molecule has 6 heteroatoms. The average Bonchev–Trinajstić information content (AvgIpc) is 3.01. The molecule has 4 atom stereocenters. The van der Waals surface area contributed by atoms with E-state index in [0.29, 0.717) is 35.2 Å². The molecule has 0 aliphatic carbocycles. The Labute approximate surface area is 271 Å². The summed E-state index contributed by atoms with van der Waals surface area (Å²) in [7, 11) is 3.19. The average molecular weight is 629 g/mol. The molecule has 42 heavy (non-hydrogen) atoms. The van der Waals surface area contributed by atoms with Crippen LogP contribution in [0, 0.1) is 23.7 Å². The van der Waals surface area contributed by atoms with Crippen molar-refractivity contribution in [2.24, 2.45) is 23.7 Å². The molecule has 0 rings (SSSR count). The Morgan fingerprint density at radius 1 is 0.452 bits per heavy atom. The predicted octanol–water partition coefficient (Wildman–Crippen LogP) is 10.9. The van der Waals surface area contributed by atoms with E-state index in [1.165, 1.54) is 77.0 Å². The standard InChI is InChI=1S/C36H72N2O2S2/c1-9-17-21-31(13-5)25-37(26-32(14-6)22-18-10-2)35(39)29-41-42-30-36(40)38(27-33(15-7)23-19-11-3)28-34(16-8)24-20-12-4/h31-34H,9-30H2,1-8H3. The number of nitrogens with zero attached hydrogens (tertiary/aromatic N) is 2. The molecule has 0 aromatic carbocycles. The van der Waals surface area contributed by atoms with E-state index in [1.54, 1.807) is 21.6 Å². The Morgan fingerprint density at radius 2 is 0.690 bits per heavy atom. The smallest absolute Gasteiger partial charge is 0.233 e. The Kier molecular flexibility index (Phi) is 27.9. The molecule has 0 aromatic heterocycles. The molecule has 250 valence electrons. The first-order valence-corrected chi connectivity index (χ1v) is 20.6. The second kappa shape index (κ2) is 28.1. The first-order chi connectivity index (χ1) is 20.3. The van der Waals surface area contributed by atoms with Crippen LogP contribution in [0.3, 0.4) is 0 Å². The molecular formula is C36H72N2O2S2. The lowest BCUT2D eigenvalue weighted by atomic mass is 9.95. The van der Waals surface area contributed by atoms with Gasteiger partial charge < -0.3 is 9.80 Å². The predicted molar refractivity (Wildman–Crippen MR) is 191 cm³/mol. The molecule has 2 amide bonds. The molecule has 4 unspecified atom stereocenters. The Bertz CT molecular complexity index is 558. The zero-order chi connectivity index (χ0) is 31.6. The number of rotatable bonds is 29. The lowest BCUT2D eigenvalue weighted by Crippen LogP contribution is -2.40. The van der Waals surface area contributed by atoms with Gasteiger partial charge in [0.05, 0.1) is 11.5 Å². The number of carbonyl (C=O) groups excluding carboxylic acids is 2. The van der Waals surface area contributed by atoms with Crippen molar-refractivity contribution in [3.05, 3.63) is 0 Å². The minimum absolute atomic E-state index is 0.262. The lowest BCUT2D eigenvalue weighted by molar-refractivity contribution is -0.130. The summed E-state index contributed by atoms with van der Waals surface area (Å²) in [5.74, 6) is 3.80. The summed E-state index contributed by atoms with van der Waals surface area (Å²) in [5, 5.41) is 0. The summed E-state index contributed by atoms with van der Waals surface area (Å²) in [6.07, 6.45) is 19.2. The first-order valence-electron chi connectivity index (χ1n) is 18.1. The van der Waals surface area contributed by atoms with E-state index in [-0.39, 0.29) is 11.8 Å². The summed E-state index contributed by atoms with van der Waals surface area (Å²) in [6.45, 7) is 21.7. The van der Waals surface area contributed by atoms with Gasteiger partial charge in [0.1, 0.15) is 0 Å². The number of unbranched alkanes of at least 4 members (excludes halogenated alkanes) is 4. The molecule has 0 spiro atoms. The summed E-state index contributed by atoms with van der Waals surface area (Å²) < 4.78 is 0.